The molecule has 35 heavy (non-hydrogen) atoms. The lowest BCUT2D eigenvalue weighted by atomic mass is 10.0. The number of thiophene rings is 1. The summed E-state index contributed by atoms with van der Waals surface area (Å²) >= 11 is 1.24. The topological polar surface area (TPSA) is 108 Å². The van der Waals surface area contributed by atoms with Gasteiger partial charge in [0.2, 0.25) is 11.8 Å². The number of amides is 3. The quantitative estimate of drug-likeness (QED) is 0.208. The van der Waals surface area contributed by atoms with Crippen LogP contribution in [0.5, 0.6) is 0 Å². The Morgan fingerprint density at radius 3 is 2.23 bits per heavy atom. The molecule has 1 atom stereocenters. The fourth-order valence-corrected chi connectivity index (χ4v) is 4.68. The van der Waals surface area contributed by atoms with E-state index in [-0.39, 0.29) is 18.2 Å². The Morgan fingerprint density at radius 2 is 1.54 bits per heavy atom. The Kier molecular flexibility index (Phi) is 7.87. The van der Waals surface area contributed by atoms with E-state index in [1.165, 1.54) is 11.3 Å². The highest BCUT2D eigenvalue weighted by molar-refractivity contribution is 7.20. The van der Waals surface area contributed by atoms with E-state index in [9.17, 15) is 14.4 Å². The van der Waals surface area contributed by atoms with E-state index in [0.717, 1.165) is 21.2 Å². The molecule has 4 aromatic rings. The molecule has 0 aliphatic heterocycles. The fourth-order valence-electron chi connectivity index (χ4n) is 3.75. The molecule has 3 amide bonds. The van der Waals surface area contributed by atoms with E-state index < -0.39 is 11.9 Å². The largest absolute Gasteiger partial charge is 0.344 e. The molecule has 0 spiro atoms. The van der Waals surface area contributed by atoms with Crippen molar-refractivity contribution in [3.63, 3.8) is 0 Å². The third-order valence-electron chi connectivity index (χ3n) is 5.53. The predicted octanol–water partition coefficient (Wildman–Crippen LogP) is 4.32. The van der Waals surface area contributed by atoms with Crippen molar-refractivity contribution in [1.29, 1.82) is 0 Å². The molecule has 0 unspecified atom stereocenters. The van der Waals surface area contributed by atoms with Gasteiger partial charge in [0.25, 0.3) is 5.91 Å². The van der Waals surface area contributed by atoms with Gasteiger partial charge >= 0.3 is 0 Å². The van der Waals surface area contributed by atoms with Gasteiger partial charge in [-0.15, -0.1) is 11.3 Å². The molecule has 0 aliphatic rings. The van der Waals surface area contributed by atoms with E-state index in [4.69, 9.17) is 5.21 Å². The fraction of sp³-hybridized carbons (Fsp3) is 0.148. The number of nitrogens with one attached hydrogen (secondary N) is 3. The molecule has 8 heteroatoms. The molecule has 3 aromatic carbocycles. The SMILES string of the molecule is O=C(CCc1ccccc1)N[C@@H](Cc1ccccc1)C(=O)Nc1ccc2sc(C(=O)NO)cc2c1. The molecule has 1 aromatic heterocycles. The third kappa shape index (κ3) is 6.53. The lowest BCUT2D eigenvalue weighted by molar-refractivity contribution is -0.126. The van der Waals surface area contributed by atoms with E-state index in [1.807, 2.05) is 60.7 Å². The second kappa shape index (κ2) is 11.4. The normalized spacial score (nSPS) is 11.6. The van der Waals surface area contributed by atoms with Crippen molar-refractivity contribution in [2.24, 2.45) is 0 Å². The minimum atomic E-state index is -0.755. The maximum absolute atomic E-state index is 13.2. The average Bonchev–Trinajstić information content (AvgIpc) is 3.31. The van der Waals surface area contributed by atoms with Gasteiger partial charge in [-0.2, -0.15) is 0 Å². The first-order chi connectivity index (χ1) is 17.0. The van der Waals surface area contributed by atoms with Crippen molar-refractivity contribution in [1.82, 2.24) is 10.8 Å². The molecule has 7 nitrogen and oxygen atoms in total. The van der Waals surface area contributed by atoms with Crippen molar-refractivity contribution in [3.05, 3.63) is 101 Å². The number of fused-ring (bicyclic) bond motifs is 1. The van der Waals surface area contributed by atoms with E-state index in [2.05, 4.69) is 10.6 Å². The van der Waals surface area contributed by atoms with Gasteiger partial charge in [0, 0.05) is 23.2 Å². The molecule has 0 aliphatic carbocycles. The molecule has 178 valence electrons. The van der Waals surface area contributed by atoms with Gasteiger partial charge in [-0.25, -0.2) is 5.48 Å². The lowest BCUT2D eigenvalue weighted by Gasteiger charge is -2.19. The molecule has 4 rings (SSSR count). The Bertz CT molecular complexity index is 1320. The minimum absolute atomic E-state index is 0.196. The van der Waals surface area contributed by atoms with Gasteiger partial charge < -0.3 is 10.6 Å². The zero-order valence-corrected chi connectivity index (χ0v) is 19.7. The smallest absolute Gasteiger partial charge is 0.284 e. The van der Waals surface area contributed by atoms with E-state index in [1.54, 1.807) is 29.7 Å². The number of carbonyl (C=O) groups is 3. The number of hydrogen-bond donors (Lipinski definition) is 4. The summed E-state index contributed by atoms with van der Waals surface area (Å²) in [6.45, 7) is 0. The number of carbonyl (C=O) groups excluding carboxylic acids is 3. The molecule has 0 saturated carbocycles. The molecular weight excluding hydrogens is 462 g/mol. The van der Waals surface area contributed by atoms with Gasteiger partial charge in [0.05, 0.1) is 4.88 Å². The Labute approximate surface area is 206 Å². The van der Waals surface area contributed by atoms with Crippen LogP contribution >= 0.6 is 11.3 Å². The van der Waals surface area contributed by atoms with E-state index >= 15 is 0 Å². The first-order valence-corrected chi connectivity index (χ1v) is 12.0. The summed E-state index contributed by atoms with van der Waals surface area (Å²) in [5, 5.41) is 15.4. The molecule has 1 heterocycles. The van der Waals surface area contributed by atoms with Gasteiger partial charge in [-0.05, 0) is 47.2 Å². The van der Waals surface area contributed by atoms with Gasteiger partial charge in [0.1, 0.15) is 6.04 Å². The number of aryl methyl sites for hydroxylation is 1. The first-order valence-electron chi connectivity index (χ1n) is 11.2. The molecule has 0 saturated heterocycles. The summed E-state index contributed by atoms with van der Waals surface area (Å²) in [6, 6.07) is 25.5. The van der Waals surface area contributed by atoms with Crippen LogP contribution in [0.3, 0.4) is 0 Å². The van der Waals surface area contributed by atoms with Crippen LogP contribution in [0.15, 0.2) is 84.9 Å². The van der Waals surface area contributed by atoms with Crippen LogP contribution in [0.2, 0.25) is 0 Å². The van der Waals surface area contributed by atoms with Gasteiger partial charge in [0.15, 0.2) is 0 Å². The zero-order chi connectivity index (χ0) is 24.6. The zero-order valence-electron chi connectivity index (χ0n) is 18.9. The van der Waals surface area contributed by atoms with Crippen molar-refractivity contribution >= 4 is 44.8 Å². The third-order valence-corrected chi connectivity index (χ3v) is 6.64. The summed E-state index contributed by atoms with van der Waals surface area (Å²) in [5.41, 5.74) is 4.17. The summed E-state index contributed by atoms with van der Waals surface area (Å²) in [5.74, 6) is -1.11. The first kappa shape index (κ1) is 24.1. The number of hydrogen-bond acceptors (Lipinski definition) is 5. The maximum Gasteiger partial charge on any atom is 0.284 e. The minimum Gasteiger partial charge on any atom is -0.344 e. The van der Waals surface area contributed by atoms with Crippen LogP contribution in [-0.4, -0.2) is 29.0 Å². The van der Waals surface area contributed by atoms with Gasteiger partial charge in [-0.1, -0.05) is 60.7 Å². The van der Waals surface area contributed by atoms with E-state index in [0.29, 0.717) is 23.4 Å². The Hall–Kier alpha value is -4.01. The van der Waals surface area contributed by atoms with Crippen LogP contribution in [0.1, 0.15) is 27.2 Å². The summed E-state index contributed by atoms with van der Waals surface area (Å²) in [6.07, 6.45) is 1.22. The summed E-state index contributed by atoms with van der Waals surface area (Å²) in [7, 11) is 0. The highest BCUT2D eigenvalue weighted by atomic mass is 32.1. The molecule has 4 N–H and O–H groups in total. The van der Waals surface area contributed by atoms with Crippen molar-refractivity contribution in [3.8, 4) is 0 Å². The van der Waals surface area contributed by atoms with Gasteiger partial charge in [-0.3, -0.25) is 19.6 Å². The molecule has 0 radical (unpaired) electrons. The van der Waals surface area contributed by atoms with Crippen molar-refractivity contribution < 1.29 is 19.6 Å². The Morgan fingerprint density at radius 1 is 0.857 bits per heavy atom. The lowest BCUT2D eigenvalue weighted by Crippen LogP contribution is -2.45. The monoisotopic (exact) mass is 487 g/mol. The molecular formula is C27H25N3O4S. The van der Waals surface area contributed by atoms with Crippen molar-refractivity contribution in [2.45, 2.75) is 25.3 Å². The number of hydroxylamine groups is 1. The standard InChI is InChI=1S/C27H25N3O4S/c31-25(14-11-18-7-3-1-4-8-18)29-22(15-19-9-5-2-6-10-19)26(32)28-21-12-13-23-20(16-21)17-24(35-23)27(33)30-34/h1-10,12-13,16-17,22,34H,11,14-15H2,(H,28,32)(H,29,31)(H,30,33)/t22-/m0/s1. The Balaban J connectivity index is 1.47. The summed E-state index contributed by atoms with van der Waals surface area (Å²) in [4.78, 5) is 38.0. The van der Waals surface area contributed by atoms with Crippen LogP contribution < -0.4 is 16.1 Å². The van der Waals surface area contributed by atoms with Crippen LogP contribution in [0, 0.1) is 0 Å². The number of anilines is 1. The second-order valence-electron chi connectivity index (χ2n) is 8.09. The predicted molar refractivity (Wildman–Crippen MR) is 137 cm³/mol. The van der Waals surface area contributed by atoms with Crippen LogP contribution in [0.25, 0.3) is 10.1 Å². The number of benzene rings is 3. The van der Waals surface area contributed by atoms with Crippen LogP contribution in [-0.2, 0) is 22.4 Å². The highest BCUT2D eigenvalue weighted by Crippen LogP contribution is 2.28. The maximum atomic E-state index is 13.2. The average molecular weight is 488 g/mol. The summed E-state index contributed by atoms with van der Waals surface area (Å²) < 4.78 is 0.844. The van der Waals surface area contributed by atoms with Crippen LogP contribution in [0.4, 0.5) is 5.69 Å². The second-order valence-corrected chi connectivity index (χ2v) is 9.17. The molecule has 0 bridgehead atoms. The van der Waals surface area contributed by atoms with Crippen molar-refractivity contribution in [2.75, 3.05) is 5.32 Å². The number of rotatable bonds is 9. The molecule has 0 fully saturated rings. The highest BCUT2D eigenvalue weighted by Gasteiger charge is 2.22.